The molecule has 0 radical (unpaired) electrons. The molecule has 0 unspecified atom stereocenters. The number of amides is 1. The Kier molecular flexibility index (Phi) is 6.24. The first-order chi connectivity index (χ1) is 9.06. The van der Waals surface area contributed by atoms with Crippen molar-refractivity contribution >= 4 is 17.3 Å². The van der Waals surface area contributed by atoms with E-state index in [2.05, 4.69) is 5.32 Å². The number of benzene rings is 1. The lowest BCUT2D eigenvalue weighted by molar-refractivity contribution is -0.116. The van der Waals surface area contributed by atoms with Gasteiger partial charge in [-0.05, 0) is 24.7 Å². The quantitative estimate of drug-likeness (QED) is 0.647. The van der Waals surface area contributed by atoms with Crippen LogP contribution in [-0.4, -0.2) is 42.2 Å². The molecule has 1 aromatic carbocycles. The number of nitrogens with one attached hydrogen (secondary N) is 1. The SMILES string of the molecule is CCN(CCO)CCC(=O)Nc1ccc(F)c(N)c1. The Morgan fingerprint density at radius 1 is 1.47 bits per heavy atom. The van der Waals surface area contributed by atoms with Gasteiger partial charge in [0.15, 0.2) is 0 Å². The van der Waals surface area contributed by atoms with Gasteiger partial charge in [-0.1, -0.05) is 6.92 Å². The first-order valence-corrected chi connectivity index (χ1v) is 6.25. The number of likely N-dealkylation sites (N-methyl/N-ethyl adjacent to an activating group) is 1. The molecule has 0 bridgehead atoms. The third-order valence-corrected chi connectivity index (χ3v) is 2.80. The molecule has 0 fully saturated rings. The van der Waals surface area contributed by atoms with E-state index in [9.17, 15) is 9.18 Å². The maximum Gasteiger partial charge on any atom is 0.225 e. The zero-order valence-electron chi connectivity index (χ0n) is 11.0. The number of hydrogen-bond acceptors (Lipinski definition) is 4. The molecule has 0 aromatic heterocycles. The van der Waals surface area contributed by atoms with E-state index in [0.717, 1.165) is 6.54 Å². The summed E-state index contributed by atoms with van der Waals surface area (Å²) in [5, 5.41) is 11.5. The summed E-state index contributed by atoms with van der Waals surface area (Å²) < 4.78 is 13.0. The number of anilines is 2. The number of nitrogen functional groups attached to an aromatic ring is 1. The Morgan fingerprint density at radius 3 is 2.79 bits per heavy atom. The van der Waals surface area contributed by atoms with Gasteiger partial charge in [0.2, 0.25) is 5.91 Å². The molecule has 0 atom stereocenters. The summed E-state index contributed by atoms with van der Waals surface area (Å²) in [6.07, 6.45) is 0.311. The fraction of sp³-hybridized carbons (Fsp3) is 0.462. The molecule has 0 aliphatic heterocycles. The summed E-state index contributed by atoms with van der Waals surface area (Å²) in [6, 6.07) is 4.07. The standard InChI is InChI=1S/C13H20FN3O2/c1-2-17(7-8-18)6-5-13(19)16-10-3-4-11(14)12(15)9-10/h3-4,9,18H,2,5-8,15H2,1H3,(H,16,19). The minimum atomic E-state index is -0.502. The zero-order chi connectivity index (χ0) is 14.3. The monoisotopic (exact) mass is 269 g/mol. The second-order valence-electron chi connectivity index (χ2n) is 4.19. The summed E-state index contributed by atoms with van der Waals surface area (Å²) in [5.74, 6) is -0.666. The number of aliphatic hydroxyl groups is 1. The third-order valence-electron chi connectivity index (χ3n) is 2.80. The number of hydrogen-bond donors (Lipinski definition) is 3. The van der Waals surface area contributed by atoms with Gasteiger partial charge in [0.25, 0.3) is 0 Å². The van der Waals surface area contributed by atoms with Crippen molar-refractivity contribution in [2.24, 2.45) is 0 Å². The number of carbonyl (C=O) groups is 1. The van der Waals surface area contributed by atoms with Crippen LogP contribution in [0.4, 0.5) is 15.8 Å². The largest absolute Gasteiger partial charge is 0.396 e. The highest BCUT2D eigenvalue weighted by molar-refractivity contribution is 5.91. The van der Waals surface area contributed by atoms with Crippen LogP contribution in [0.2, 0.25) is 0 Å². The number of nitrogens with zero attached hydrogens (tertiary/aromatic N) is 1. The predicted octanol–water partition coefficient (Wildman–Crippen LogP) is 1.05. The molecule has 5 nitrogen and oxygen atoms in total. The van der Waals surface area contributed by atoms with Crippen LogP contribution in [0.1, 0.15) is 13.3 Å². The molecule has 0 saturated carbocycles. The summed E-state index contributed by atoms with van der Waals surface area (Å²) in [4.78, 5) is 13.7. The van der Waals surface area contributed by atoms with Gasteiger partial charge in [0.1, 0.15) is 5.82 Å². The lowest BCUT2D eigenvalue weighted by atomic mass is 10.2. The van der Waals surface area contributed by atoms with Crippen molar-refractivity contribution in [1.29, 1.82) is 0 Å². The minimum Gasteiger partial charge on any atom is -0.396 e. The third kappa shape index (κ3) is 5.23. The highest BCUT2D eigenvalue weighted by Crippen LogP contribution is 2.16. The Labute approximate surface area is 112 Å². The van der Waals surface area contributed by atoms with E-state index >= 15 is 0 Å². The van der Waals surface area contributed by atoms with Gasteiger partial charge in [-0.2, -0.15) is 0 Å². The molecule has 0 saturated heterocycles. The number of carbonyl (C=O) groups excluding carboxylic acids is 1. The Balaban J connectivity index is 2.44. The first kappa shape index (κ1) is 15.4. The summed E-state index contributed by atoms with van der Waals surface area (Å²) in [5.41, 5.74) is 5.91. The lowest BCUT2D eigenvalue weighted by Crippen LogP contribution is -2.30. The molecule has 0 heterocycles. The van der Waals surface area contributed by atoms with Gasteiger partial charge in [0.05, 0.1) is 12.3 Å². The molecule has 19 heavy (non-hydrogen) atoms. The normalized spacial score (nSPS) is 10.7. The predicted molar refractivity (Wildman–Crippen MR) is 73.3 cm³/mol. The van der Waals surface area contributed by atoms with Gasteiger partial charge < -0.3 is 21.1 Å². The van der Waals surface area contributed by atoms with Crippen LogP contribution >= 0.6 is 0 Å². The number of aliphatic hydroxyl groups excluding tert-OH is 1. The fourth-order valence-electron chi connectivity index (χ4n) is 1.67. The van der Waals surface area contributed by atoms with Crippen LogP contribution in [0.25, 0.3) is 0 Å². The maximum atomic E-state index is 13.0. The second kappa shape index (κ2) is 7.70. The second-order valence-corrected chi connectivity index (χ2v) is 4.19. The zero-order valence-corrected chi connectivity index (χ0v) is 11.0. The van der Waals surface area contributed by atoms with Crippen LogP contribution in [0.5, 0.6) is 0 Å². The fourth-order valence-corrected chi connectivity index (χ4v) is 1.67. The van der Waals surface area contributed by atoms with E-state index in [0.29, 0.717) is 25.2 Å². The van der Waals surface area contributed by atoms with Crippen molar-refractivity contribution in [1.82, 2.24) is 4.90 Å². The smallest absolute Gasteiger partial charge is 0.225 e. The molecule has 0 aliphatic rings. The van der Waals surface area contributed by atoms with Crippen molar-refractivity contribution in [3.05, 3.63) is 24.0 Å². The van der Waals surface area contributed by atoms with E-state index in [-0.39, 0.29) is 18.2 Å². The molecular weight excluding hydrogens is 249 g/mol. The average Bonchev–Trinajstić information content (AvgIpc) is 2.39. The molecule has 1 amide bonds. The number of nitrogens with two attached hydrogens (primary N) is 1. The van der Waals surface area contributed by atoms with Gasteiger partial charge in [0, 0.05) is 25.2 Å². The van der Waals surface area contributed by atoms with E-state index < -0.39 is 5.82 Å². The molecule has 0 aliphatic carbocycles. The molecule has 1 rings (SSSR count). The van der Waals surface area contributed by atoms with Gasteiger partial charge in [-0.3, -0.25) is 4.79 Å². The van der Waals surface area contributed by atoms with Gasteiger partial charge in [-0.25, -0.2) is 4.39 Å². The average molecular weight is 269 g/mol. The molecule has 1 aromatic rings. The molecule has 106 valence electrons. The molecule has 6 heteroatoms. The van der Waals surface area contributed by atoms with Crippen LogP contribution in [-0.2, 0) is 4.79 Å². The van der Waals surface area contributed by atoms with E-state index in [4.69, 9.17) is 10.8 Å². The molecular formula is C13H20FN3O2. The van der Waals surface area contributed by atoms with Crippen molar-refractivity contribution in [2.45, 2.75) is 13.3 Å². The lowest BCUT2D eigenvalue weighted by Gasteiger charge is -2.18. The number of halogens is 1. The van der Waals surface area contributed by atoms with Crippen LogP contribution in [0, 0.1) is 5.82 Å². The van der Waals surface area contributed by atoms with Crippen molar-refractivity contribution in [2.75, 3.05) is 37.3 Å². The van der Waals surface area contributed by atoms with Crippen LogP contribution in [0.3, 0.4) is 0 Å². The summed E-state index contributed by atoms with van der Waals surface area (Å²) in [6.45, 7) is 3.93. The molecule has 4 N–H and O–H groups in total. The van der Waals surface area contributed by atoms with E-state index in [1.54, 1.807) is 0 Å². The van der Waals surface area contributed by atoms with Gasteiger partial charge >= 0.3 is 0 Å². The van der Waals surface area contributed by atoms with Crippen LogP contribution in [0.15, 0.2) is 18.2 Å². The highest BCUT2D eigenvalue weighted by Gasteiger charge is 2.07. The van der Waals surface area contributed by atoms with E-state index in [1.165, 1.54) is 18.2 Å². The topological polar surface area (TPSA) is 78.6 Å². The van der Waals surface area contributed by atoms with Crippen molar-refractivity contribution in [3.63, 3.8) is 0 Å². The summed E-state index contributed by atoms with van der Waals surface area (Å²) >= 11 is 0. The maximum absolute atomic E-state index is 13.0. The van der Waals surface area contributed by atoms with Crippen LogP contribution < -0.4 is 11.1 Å². The first-order valence-electron chi connectivity index (χ1n) is 6.25. The molecule has 0 spiro atoms. The number of rotatable bonds is 7. The Bertz CT molecular complexity index is 426. The van der Waals surface area contributed by atoms with Crippen molar-refractivity contribution in [3.8, 4) is 0 Å². The van der Waals surface area contributed by atoms with Gasteiger partial charge in [-0.15, -0.1) is 0 Å². The van der Waals surface area contributed by atoms with Crippen molar-refractivity contribution < 1.29 is 14.3 Å². The summed E-state index contributed by atoms with van der Waals surface area (Å²) in [7, 11) is 0. The highest BCUT2D eigenvalue weighted by atomic mass is 19.1. The minimum absolute atomic E-state index is 0.00765. The van der Waals surface area contributed by atoms with E-state index in [1.807, 2.05) is 11.8 Å². The Hall–Kier alpha value is -1.66. The Morgan fingerprint density at radius 2 is 2.21 bits per heavy atom.